The summed E-state index contributed by atoms with van der Waals surface area (Å²) >= 11 is 6.17. The van der Waals surface area contributed by atoms with Crippen LogP contribution in [0.3, 0.4) is 0 Å². The van der Waals surface area contributed by atoms with Crippen LogP contribution in [0.2, 0.25) is 5.02 Å². The van der Waals surface area contributed by atoms with E-state index in [0.29, 0.717) is 48.7 Å². The number of aliphatic carboxylic acids is 1. The van der Waals surface area contributed by atoms with Crippen LogP contribution in [0.15, 0.2) is 18.2 Å². The lowest BCUT2D eigenvalue weighted by atomic mass is 9.97. The average molecular weight is 352 g/mol. The fourth-order valence-electron chi connectivity index (χ4n) is 3.10. The highest BCUT2D eigenvalue weighted by Crippen LogP contribution is 2.27. The van der Waals surface area contributed by atoms with Gasteiger partial charge in [-0.3, -0.25) is 14.5 Å². The third-order valence-electron chi connectivity index (χ3n) is 4.41. The summed E-state index contributed by atoms with van der Waals surface area (Å²) in [5.74, 6) is -1.73. The number of amides is 3. The Balaban J connectivity index is 1.84. The van der Waals surface area contributed by atoms with E-state index >= 15 is 0 Å². The molecular weight excluding hydrogens is 334 g/mol. The monoisotopic (exact) mass is 351 g/mol. The summed E-state index contributed by atoms with van der Waals surface area (Å²) in [6, 6.07) is 4.67. The van der Waals surface area contributed by atoms with E-state index in [1.165, 1.54) is 4.90 Å². The van der Waals surface area contributed by atoms with Crippen LogP contribution in [-0.2, 0) is 4.79 Å². The van der Waals surface area contributed by atoms with Crippen LogP contribution < -0.4 is 10.2 Å². The molecule has 1 unspecified atom stereocenters. The van der Waals surface area contributed by atoms with Crippen molar-refractivity contribution in [3.63, 3.8) is 0 Å². The fourth-order valence-corrected chi connectivity index (χ4v) is 3.29. The fraction of sp³-hybridized carbons (Fsp3) is 0.438. The summed E-state index contributed by atoms with van der Waals surface area (Å²) in [6.07, 6.45) is 1.22. The largest absolute Gasteiger partial charge is 0.481 e. The van der Waals surface area contributed by atoms with Crippen molar-refractivity contribution in [1.82, 2.24) is 10.2 Å². The molecule has 2 N–H and O–H groups in total. The van der Waals surface area contributed by atoms with Crippen molar-refractivity contribution in [1.29, 1.82) is 0 Å². The third-order valence-corrected chi connectivity index (χ3v) is 4.74. The molecule has 128 valence electrons. The summed E-state index contributed by atoms with van der Waals surface area (Å²) < 4.78 is 0. The number of hydrogen-bond donors (Lipinski definition) is 2. The van der Waals surface area contributed by atoms with Gasteiger partial charge in [0.25, 0.3) is 5.91 Å². The van der Waals surface area contributed by atoms with Crippen molar-refractivity contribution in [3.8, 4) is 0 Å². The van der Waals surface area contributed by atoms with Gasteiger partial charge >= 0.3 is 12.0 Å². The molecule has 7 nitrogen and oxygen atoms in total. The molecule has 2 aliphatic heterocycles. The van der Waals surface area contributed by atoms with Gasteiger partial charge in [0, 0.05) is 31.9 Å². The van der Waals surface area contributed by atoms with E-state index in [0.717, 1.165) is 0 Å². The second-order valence-corrected chi connectivity index (χ2v) is 6.38. The minimum Gasteiger partial charge on any atom is -0.481 e. The molecule has 0 aromatic heterocycles. The van der Waals surface area contributed by atoms with Gasteiger partial charge in [0.1, 0.15) is 0 Å². The smallest absolute Gasteiger partial charge is 0.321 e. The molecule has 0 aliphatic carbocycles. The molecule has 2 aliphatic rings. The van der Waals surface area contributed by atoms with Crippen molar-refractivity contribution in [2.75, 3.05) is 31.1 Å². The normalized spacial score (nSPS) is 20.9. The second kappa shape index (κ2) is 6.68. The molecular formula is C16H18ClN3O4. The molecule has 1 aromatic rings. The predicted octanol–water partition coefficient (Wildman–Crippen LogP) is 1.81. The van der Waals surface area contributed by atoms with Crippen molar-refractivity contribution >= 4 is 35.2 Å². The van der Waals surface area contributed by atoms with Gasteiger partial charge in [0.05, 0.1) is 16.5 Å². The molecule has 3 amide bonds. The van der Waals surface area contributed by atoms with Crippen LogP contribution in [-0.4, -0.2) is 54.1 Å². The van der Waals surface area contributed by atoms with Gasteiger partial charge in [-0.25, -0.2) is 4.79 Å². The first kappa shape index (κ1) is 16.6. The lowest BCUT2D eigenvalue weighted by Crippen LogP contribution is -2.42. The zero-order valence-corrected chi connectivity index (χ0v) is 13.8. The minimum absolute atomic E-state index is 0.179. The van der Waals surface area contributed by atoms with E-state index in [2.05, 4.69) is 5.32 Å². The number of carbonyl (C=O) groups is 3. The Morgan fingerprint density at radius 1 is 1.29 bits per heavy atom. The molecule has 3 rings (SSSR count). The van der Waals surface area contributed by atoms with Gasteiger partial charge < -0.3 is 15.3 Å². The molecule has 1 atom stereocenters. The number of carboxylic acids is 1. The van der Waals surface area contributed by atoms with Gasteiger partial charge in [0.2, 0.25) is 0 Å². The number of carbonyl (C=O) groups excluding carboxylic acids is 2. The summed E-state index contributed by atoms with van der Waals surface area (Å²) in [4.78, 5) is 38.8. The van der Waals surface area contributed by atoms with Gasteiger partial charge in [0.15, 0.2) is 0 Å². The first-order valence-corrected chi connectivity index (χ1v) is 8.22. The Morgan fingerprint density at radius 2 is 2.08 bits per heavy atom. The number of benzene rings is 1. The summed E-state index contributed by atoms with van der Waals surface area (Å²) in [5, 5.41) is 12.2. The van der Waals surface area contributed by atoms with Crippen molar-refractivity contribution in [2.24, 2.45) is 5.92 Å². The zero-order chi connectivity index (χ0) is 17.3. The number of carboxylic acid groups (broad SMARTS) is 1. The number of urea groups is 1. The Morgan fingerprint density at radius 3 is 2.75 bits per heavy atom. The maximum atomic E-state index is 12.8. The number of hydrogen-bond acceptors (Lipinski definition) is 3. The molecule has 0 bridgehead atoms. The third kappa shape index (κ3) is 3.17. The number of rotatable bonds is 3. The van der Waals surface area contributed by atoms with Crippen molar-refractivity contribution in [3.05, 3.63) is 28.8 Å². The molecule has 0 radical (unpaired) electrons. The van der Waals surface area contributed by atoms with Gasteiger partial charge in [-0.15, -0.1) is 0 Å². The number of likely N-dealkylation sites (tertiary alicyclic amines) is 1. The first-order chi connectivity index (χ1) is 11.5. The standard InChI is InChI=1S/C16H18ClN3O4/c17-13-4-3-11(20-7-5-18-16(20)24)8-12(13)14(21)19-6-1-2-10(9-19)15(22)23/h3-4,8,10H,1-2,5-7,9H2,(H,18,24)(H,22,23). The average Bonchev–Trinajstić information content (AvgIpc) is 3.01. The second-order valence-electron chi connectivity index (χ2n) is 5.98. The Bertz CT molecular complexity index is 694. The maximum Gasteiger partial charge on any atom is 0.321 e. The van der Waals surface area contributed by atoms with Gasteiger partial charge in [-0.2, -0.15) is 0 Å². The highest BCUT2D eigenvalue weighted by molar-refractivity contribution is 6.34. The van der Waals surface area contributed by atoms with E-state index in [1.807, 2.05) is 0 Å². The number of nitrogens with zero attached hydrogens (tertiary/aromatic N) is 2. The van der Waals surface area contributed by atoms with Crippen molar-refractivity contribution < 1.29 is 19.5 Å². The van der Waals surface area contributed by atoms with Crippen LogP contribution in [0.1, 0.15) is 23.2 Å². The predicted molar refractivity (Wildman–Crippen MR) is 88.5 cm³/mol. The van der Waals surface area contributed by atoms with Crippen LogP contribution in [0, 0.1) is 5.92 Å². The number of piperidine rings is 1. The number of anilines is 1. The van der Waals surface area contributed by atoms with Gasteiger partial charge in [-0.1, -0.05) is 11.6 Å². The van der Waals surface area contributed by atoms with E-state index in [1.54, 1.807) is 23.1 Å². The lowest BCUT2D eigenvalue weighted by Gasteiger charge is -2.31. The molecule has 0 spiro atoms. The Hall–Kier alpha value is -2.28. The molecule has 1 aromatic carbocycles. The van der Waals surface area contributed by atoms with Gasteiger partial charge in [-0.05, 0) is 31.0 Å². The molecule has 2 saturated heterocycles. The maximum absolute atomic E-state index is 12.8. The number of halogens is 1. The van der Waals surface area contributed by atoms with E-state index in [-0.39, 0.29) is 18.5 Å². The van der Waals surface area contributed by atoms with E-state index in [4.69, 9.17) is 16.7 Å². The van der Waals surface area contributed by atoms with Crippen LogP contribution >= 0.6 is 11.6 Å². The molecule has 0 saturated carbocycles. The molecule has 2 fully saturated rings. The first-order valence-electron chi connectivity index (χ1n) is 7.84. The summed E-state index contributed by atoms with van der Waals surface area (Å²) in [5.41, 5.74) is 0.893. The van der Waals surface area contributed by atoms with Crippen molar-refractivity contribution in [2.45, 2.75) is 12.8 Å². The quantitative estimate of drug-likeness (QED) is 0.869. The van der Waals surface area contributed by atoms with Crippen LogP contribution in [0.5, 0.6) is 0 Å². The number of nitrogens with one attached hydrogen (secondary N) is 1. The van der Waals surface area contributed by atoms with E-state index < -0.39 is 11.9 Å². The lowest BCUT2D eigenvalue weighted by molar-refractivity contribution is -0.143. The Labute approximate surface area is 144 Å². The highest BCUT2D eigenvalue weighted by Gasteiger charge is 2.30. The SMILES string of the molecule is O=C(O)C1CCCN(C(=O)c2cc(N3CCNC3=O)ccc2Cl)C1. The molecule has 2 heterocycles. The minimum atomic E-state index is -0.888. The molecule has 24 heavy (non-hydrogen) atoms. The highest BCUT2D eigenvalue weighted by atomic mass is 35.5. The van der Waals surface area contributed by atoms with Crippen LogP contribution in [0.4, 0.5) is 10.5 Å². The van der Waals surface area contributed by atoms with Crippen LogP contribution in [0.25, 0.3) is 0 Å². The summed E-state index contributed by atoms with van der Waals surface area (Å²) in [6.45, 7) is 1.77. The zero-order valence-electron chi connectivity index (χ0n) is 13.0. The van der Waals surface area contributed by atoms with E-state index in [9.17, 15) is 14.4 Å². The summed E-state index contributed by atoms with van der Waals surface area (Å²) in [7, 11) is 0. The Kier molecular flexibility index (Phi) is 4.62. The molecule has 8 heteroatoms. The topological polar surface area (TPSA) is 89.9 Å².